The van der Waals surface area contributed by atoms with Crippen molar-refractivity contribution in [2.24, 2.45) is 0 Å². The van der Waals surface area contributed by atoms with Crippen LogP contribution in [0.3, 0.4) is 0 Å². The van der Waals surface area contributed by atoms with E-state index in [4.69, 9.17) is 9.52 Å². The second-order valence-electron chi connectivity index (χ2n) is 4.36. The van der Waals surface area contributed by atoms with Gasteiger partial charge >= 0.3 is 5.97 Å². The fraction of sp³-hybridized carbons (Fsp3) is 0. The van der Waals surface area contributed by atoms with Gasteiger partial charge in [0.2, 0.25) is 5.43 Å². The number of carboxylic acid groups (broad SMARTS) is 1. The van der Waals surface area contributed by atoms with Crippen LogP contribution in [0, 0.1) is 0 Å². The van der Waals surface area contributed by atoms with Crippen LogP contribution in [-0.4, -0.2) is 11.1 Å². The lowest BCUT2D eigenvalue weighted by Crippen LogP contribution is -2.14. The molecular weight excluding hydrogens is 256 g/mol. The smallest absolute Gasteiger partial charge is 0.342 e. The van der Waals surface area contributed by atoms with Crippen molar-refractivity contribution < 1.29 is 14.3 Å². The maximum Gasteiger partial charge on any atom is 0.342 e. The van der Waals surface area contributed by atoms with Crippen molar-refractivity contribution in [2.45, 2.75) is 0 Å². The van der Waals surface area contributed by atoms with E-state index in [1.165, 1.54) is 0 Å². The van der Waals surface area contributed by atoms with E-state index < -0.39 is 11.4 Å². The molecule has 1 N–H and O–H groups in total. The van der Waals surface area contributed by atoms with Crippen molar-refractivity contribution in [3.05, 3.63) is 70.6 Å². The van der Waals surface area contributed by atoms with Gasteiger partial charge in [0.05, 0.1) is 5.39 Å². The van der Waals surface area contributed by atoms with Crippen LogP contribution in [0.1, 0.15) is 10.4 Å². The lowest BCUT2D eigenvalue weighted by molar-refractivity contribution is 0.0693. The van der Waals surface area contributed by atoms with E-state index in [9.17, 15) is 9.59 Å². The molecule has 0 saturated heterocycles. The molecule has 0 saturated carbocycles. The molecule has 1 aromatic heterocycles. The summed E-state index contributed by atoms with van der Waals surface area (Å²) in [4.78, 5) is 23.1. The van der Waals surface area contributed by atoms with Gasteiger partial charge in [0.25, 0.3) is 0 Å². The van der Waals surface area contributed by atoms with E-state index in [1.807, 2.05) is 36.4 Å². The van der Waals surface area contributed by atoms with E-state index in [0.717, 1.165) is 17.4 Å². The van der Waals surface area contributed by atoms with Crippen LogP contribution in [0.4, 0.5) is 0 Å². The van der Waals surface area contributed by atoms with Crippen molar-refractivity contribution in [1.29, 1.82) is 0 Å². The zero-order chi connectivity index (χ0) is 14.1. The second-order valence-corrected chi connectivity index (χ2v) is 4.36. The van der Waals surface area contributed by atoms with Crippen molar-refractivity contribution in [2.75, 3.05) is 0 Å². The Morgan fingerprint density at radius 1 is 1.00 bits per heavy atom. The van der Waals surface area contributed by atoms with Gasteiger partial charge in [-0.1, -0.05) is 36.4 Å². The average molecular weight is 266 g/mol. The van der Waals surface area contributed by atoms with Gasteiger partial charge in [0.1, 0.15) is 17.4 Å². The van der Waals surface area contributed by atoms with E-state index in [0.29, 0.717) is 5.58 Å². The molecule has 0 fully saturated rings. The van der Waals surface area contributed by atoms with Gasteiger partial charge in [0.15, 0.2) is 0 Å². The molecule has 0 bridgehead atoms. The fourth-order valence-electron chi connectivity index (χ4n) is 2.09. The summed E-state index contributed by atoms with van der Waals surface area (Å²) in [6.07, 6.45) is 0.981. The zero-order valence-corrected chi connectivity index (χ0v) is 10.4. The highest BCUT2D eigenvalue weighted by Crippen LogP contribution is 2.23. The molecule has 3 aromatic rings. The molecule has 0 aliphatic heterocycles. The minimum Gasteiger partial charge on any atom is -0.477 e. The summed E-state index contributed by atoms with van der Waals surface area (Å²) >= 11 is 0. The van der Waals surface area contributed by atoms with Gasteiger partial charge in [0, 0.05) is 0 Å². The molecule has 3 rings (SSSR count). The third-order valence-electron chi connectivity index (χ3n) is 3.11. The van der Waals surface area contributed by atoms with Crippen LogP contribution in [0.5, 0.6) is 0 Å². The first-order valence-electron chi connectivity index (χ1n) is 6.01. The van der Waals surface area contributed by atoms with E-state index >= 15 is 0 Å². The first kappa shape index (κ1) is 12.2. The SMILES string of the molecule is O=C(O)c1coc2ccc(-c3ccccc3)cc2c1=O. The summed E-state index contributed by atoms with van der Waals surface area (Å²) in [6.45, 7) is 0. The van der Waals surface area contributed by atoms with Gasteiger partial charge in [-0.25, -0.2) is 4.79 Å². The number of carboxylic acids is 1. The minimum atomic E-state index is -1.29. The third-order valence-corrected chi connectivity index (χ3v) is 3.11. The molecule has 0 aliphatic rings. The molecule has 0 atom stereocenters. The molecule has 0 unspecified atom stereocenters. The Labute approximate surface area is 113 Å². The Hall–Kier alpha value is -2.88. The molecule has 20 heavy (non-hydrogen) atoms. The monoisotopic (exact) mass is 266 g/mol. The van der Waals surface area contributed by atoms with Gasteiger partial charge < -0.3 is 9.52 Å². The predicted octanol–water partition coefficient (Wildman–Crippen LogP) is 3.16. The Morgan fingerprint density at radius 3 is 2.45 bits per heavy atom. The molecule has 4 heteroatoms. The topological polar surface area (TPSA) is 67.5 Å². The molecule has 0 spiro atoms. The number of hydrogen-bond acceptors (Lipinski definition) is 3. The number of rotatable bonds is 2. The van der Waals surface area contributed by atoms with Crippen LogP contribution in [0.15, 0.2) is 64.0 Å². The fourth-order valence-corrected chi connectivity index (χ4v) is 2.09. The molecule has 0 aliphatic carbocycles. The Bertz CT molecular complexity index is 847. The summed E-state index contributed by atoms with van der Waals surface area (Å²) < 4.78 is 5.19. The van der Waals surface area contributed by atoms with E-state index in [1.54, 1.807) is 12.1 Å². The van der Waals surface area contributed by atoms with Crippen LogP contribution >= 0.6 is 0 Å². The predicted molar refractivity (Wildman–Crippen MR) is 74.9 cm³/mol. The van der Waals surface area contributed by atoms with Gasteiger partial charge in [-0.05, 0) is 23.3 Å². The summed E-state index contributed by atoms with van der Waals surface area (Å²) in [5.41, 5.74) is 1.28. The maximum atomic E-state index is 12.1. The number of fused-ring (bicyclic) bond motifs is 1. The number of benzene rings is 2. The van der Waals surface area contributed by atoms with E-state index in [-0.39, 0.29) is 10.9 Å². The first-order valence-corrected chi connectivity index (χ1v) is 6.01. The molecule has 98 valence electrons. The van der Waals surface area contributed by atoms with E-state index in [2.05, 4.69) is 0 Å². The lowest BCUT2D eigenvalue weighted by Gasteiger charge is -2.03. The van der Waals surface area contributed by atoms with Crippen LogP contribution in [0.2, 0.25) is 0 Å². The third kappa shape index (κ3) is 1.97. The molecule has 2 aromatic carbocycles. The summed E-state index contributed by atoms with van der Waals surface area (Å²) in [5, 5.41) is 9.22. The Kier molecular flexibility index (Phi) is 2.84. The largest absolute Gasteiger partial charge is 0.477 e. The summed E-state index contributed by atoms with van der Waals surface area (Å²) in [6, 6.07) is 14.7. The number of hydrogen-bond donors (Lipinski definition) is 1. The molecular formula is C16H10O4. The average Bonchev–Trinajstić information content (AvgIpc) is 2.48. The summed E-state index contributed by atoms with van der Waals surface area (Å²) in [7, 11) is 0. The van der Waals surface area contributed by atoms with Crippen molar-refractivity contribution in [3.63, 3.8) is 0 Å². The molecule has 0 amide bonds. The highest BCUT2D eigenvalue weighted by atomic mass is 16.4. The lowest BCUT2D eigenvalue weighted by atomic mass is 10.0. The minimum absolute atomic E-state index is 0.270. The molecule has 4 nitrogen and oxygen atoms in total. The van der Waals surface area contributed by atoms with Crippen LogP contribution < -0.4 is 5.43 Å². The highest BCUT2D eigenvalue weighted by Gasteiger charge is 2.13. The van der Waals surface area contributed by atoms with Crippen molar-refractivity contribution >= 4 is 16.9 Å². The summed E-state index contributed by atoms with van der Waals surface area (Å²) in [5.74, 6) is -1.29. The van der Waals surface area contributed by atoms with Gasteiger partial charge in [-0.15, -0.1) is 0 Å². The standard InChI is InChI=1S/C16H10O4/c17-15-12-8-11(10-4-2-1-3-5-10)6-7-14(12)20-9-13(15)16(18)19/h1-9H,(H,18,19). The van der Waals surface area contributed by atoms with Gasteiger partial charge in [-0.3, -0.25) is 4.79 Å². The second kappa shape index (κ2) is 4.66. The number of aromatic carboxylic acids is 1. The van der Waals surface area contributed by atoms with Crippen LogP contribution in [0.25, 0.3) is 22.1 Å². The Balaban J connectivity index is 2.27. The van der Waals surface area contributed by atoms with Crippen molar-refractivity contribution in [3.8, 4) is 11.1 Å². The first-order chi connectivity index (χ1) is 9.66. The molecule has 0 radical (unpaired) electrons. The Morgan fingerprint density at radius 2 is 1.75 bits per heavy atom. The highest BCUT2D eigenvalue weighted by molar-refractivity contribution is 5.92. The quantitative estimate of drug-likeness (QED) is 0.773. The molecule has 1 heterocycles. The van der Waals surface area contributed by atoms with Crippen LogP contribution in [-0.2, 0) is 0 Å². The van der Waals surface area contributed by atoms with Gasteiger partial charge in [-0.2, -0.15) is 0 Å². The number of carbonyl (C=O) groups is 1. The zero-order valence-electron chi connectivity index (χ0n) is 10.4. The normalized spacial score (nSPS) is 10.6. The van der Waals surface area contributed by atoms with Crippen molar-refractivity contribution in [1.82, 2.24) is 0 Å². The maximum absolute atomic E-state index is 12.1.